The first kappa shape index (κ1) is 17.6. The van der Waals surface area contributed by atoms with Gasteiger partial charge in [0.2, 0.25) is 0 Å². The first-order valence-electron chi connectivity index (χ1n) is 9.35. The first-order valence-corrected chi connectivity index (χ1v) is 9.75. The molecule has 0 aliphatic rings. The number of hydrogen-bond donors (Lipinski definition) is 2. The summed E-state index contributed by atoms with van der Waals surface area (Å²) in [7, 11) is 0. The number of H-pyrrole nitrogens is 1. The van der Waals surface area contributed by atoms with Crippen molar-refractivity contribution in [2.45, 2.75) is 33.2 Å². The van der Waals surface area contributed by atoms with Gasteiger partial charge in [-0.15, -0.1) is 0 Å². The lowest BCUT2D eigenvalue weighted by Crippen LogP contribution is -1.99. The monoisotopic (exact) mass is 377 g/mol. The number of aryl methyl sites for hydroxylation is 2. The van der Waals surface area contributed by atoms with Gasteiger partial charge < -0.3 is 14.7 Å². The molecule has 4 nitrogen and oxygen atoms in total. The molecule has 2 aromatic carbocycles. The number of aromatic nitrogens is 3. The fourth-order valence-corrected chi connectivity index (χ4v) is 3.91. The number of rotatable bonds is 5. The summed E-state index contributed by atoms with van der Waals surface area (Å²) in [4.78, 5) is 3.16. The number of aromatic amines is 1. The van der Waals surface area contributed by atoms with E-state index >= 15 is 0 Å². The van der Waals surface area contributed by atoms with Gasteiger partial charge in [0, 0.05) is 29.9 Å². The molecule has 0 aliphatic heterocycles. The summed E-state index contributed by atoms with van der Waals surface area (Å²) in [6.07, 6.45) is 6.00. The van der Waals surface area contributed by atoms with Crippen molar-refractivity contribution in [1.29, 1.82) is 0 Å². The van der Waals surface area contributed by atoms with Gasteiger partial charge in [-0.1, -0.05) is 26.0 Å². The molecule has 27 heavy (non-hydrogen) atoms. The topological polar surface area (TPSA) is 45.9 Å². The van der Waals surface area contributed by atoms with Crippen LogP contribution in [0.2, 0.25) is 0 Å². The Morgan fingerprint density at radius 1 is 1.11 bits per heavy atom. The first-order chi connectivity index (χ1) is 13.1. The molecular weight excluding hydrogens is 354 g/mol. The summed E-state index contributed by atoms with van der Waals surface area (Å²) in [6, 6.07) is 14.2. The normalized spacial score (nSPS) is 11.3. The van der Waals surface area contributed by atoms with Crippen LogP contribution < -0.4 is 0 Å². The zero-order chi connectivity index (χ0) is 19.0. The fraction of sp³-hybridized carbons (Fsp3) is 0.227. The highest BCUT2D eigenvalue weighted by Gasteiger charge is 2.15. The van der Waals surface area contributed by atoms with E-state index < -0.39 is 0 Å². The molecular formula is C22H23N3OS. The van der Waals surface area contributed by atoms with E-state index in [0.29, 0.717) is 4.77 Å². The van der Waals surface area contributed by atoms with Crippen LogP contribution in [-0.2, 0) is 13.0 Å². The Bertz CT molecular complexity index is 1170. The number of phenolic OH excluding ortho intramolecular Hbond substituents is 1. The second kappa shape index (κ2) is 7.08. The summed E-state index contributed by atoms with van der Waals surface area (Å²) < 4.78 is 4.90. The fourth-order valence-electron chi connectivity index (χ4n) is 3.65. The number of nitrogens with one attached hydrogen (secondary N) is 1. The lowest BCUT2D eigenvalue weighted by Gasteiger charge is -2.13. The van der Waals surface area contributed by atoms with Crippen LogP contribution >= 0.6 is 12.2 Å². The van der Waals surface area contributed by atoms with Crippen molar-refractivity contribution < 1.29 is 5.11 Å². The molecule has 0 atom stereocenters. The smallest absolute Gasteiger partial charge is 0.182 e. The van der Waals surface area contributed by atoms with Crippen molar-refractivity contribution >= 4 is 23.1 Å². The van der Waals surface area contributed by atoms with Crippen LogP contribution in [0.15, 0.2) is 54.9 Å². The van der Waals surface area contributed by atoms with Crippen molar-refractivity contribution in [3.63, 3.8) is 0 Å². The van der Waals surface area contributed by atoms with Crippen molar-refractivity contribution in [2.75, 3.05) is 0 Å². The lowest BCUT2D eigenvalue weighted by atomic mass is 10.1. The number of fused-ring (bicyclic) bond motifs is 1. The molecule has 0 radical (unpaired) electrons. The Hall–Kier alpha value is -2.79. The SMILES string of the molecule is CCCn1ccc2c(-n3c(-c4cc(CC)ccc4O)c[nH]c3=S)cccc21. The Morgan fingerprint density at radius 3 is 2.74 bits per heavy atom. The molecule has 0 amide bonds. The molecule has 0 fully saturated rings. The Kier molecular flexibility index (Phi) is 4.62. The minimum absolute atomic E-state index is 0.255. The van der Waals surface area contributed by atoms with Crippen LogP contribution in [-0.4, -0.2) is 19.2 Å². The number of aromatic hydroxyl groups is 1. The summed E-state index contributed by atoms with van der Waals surface area (Å²) in [5, 5.41) is 11.6. The minimum atomic E-state index is 0.255. The highest BCUT2D eigenvalue weighted by molar-refractivity contribution is 7.71. The Morgan fingerprint density at radius 2 is 1.96 bits per heavy atom. The third-order valence-corrected chi connectivity index (χ3v) is 5.32. The molecule has 0 spiro atoms. The molecule has 0 saturated carbocycles. The van der Waals surface area contributed by atoms with E-state index in [9.17, 15) is 5.11 Å². The van der Waals surface area contributed by atoms with Crippen molar-refractivity contribution in [3.8, 4) is 22.7 Å². The van der Waals surface area contributed by atoms with Gasteiger partial charge in [0.1, 0.15) is 5.75 Å². The predicted octanol–water partition coefficient (Wildman–Crippen LogP) is 5.83. The van der Waals surface area contributed by atoms with Gasteiger partial charge in [-0.3, -0.25) is 4.57 Å². The maximum atomic E-state index is 10.5. The van der Waals surface area contributed by atoms with E-state index in [1.807, 2.05) is 22.9 Å². The number of imidazole rings is 1. The largest absolute Gasteiger partial charge is 0.507 e. The van der Waals surface area contributed by atoms with E-state index in [1.54, 1.807) is 6.07 Å². The molecule has 2 aromatic heterocycles. The van der Waals surface area contributed by atoms with Crippen LogP contribution in [0.4, 0.5) is 0 Å². The van der Waals surface area contributed by atoms with E-state index in [4.69, 9.17) is 12.2 Å². The molecule has 4 rings (SSSR count). The predicted molar refractivity (Wildman–Crippen MR) is 113 cm³/mol. The summed E-state index contributed by atoms with van der Waals surface area (Å²) in [5.41, 5.74) is 5.03. The summed E-state index contributed by atoms with van der Waals surface area (Å²) in [5.74, 6) is 0.255. The number of nitrogens with zero attached hydrogens (tertiary/aromatic N) is 2. The molecule has 0 saturated heterocycles. The highest BCUT2D eigenvalue weighted by atomic mass is 32.1. The molecule has 0 unspecified atom stereocenters. The maximum absolute atomic E-state index is 10.5. The van der Waals surface area contributed by atoms with Crippen LogP contribution in [0.3, 0.4) is 0 Å². The molecule has 5 heteroatoms. The average Bonchev–Trinajstić information content (AvgIpc) is 3.26. The van der Waals surface area contributed by atoms with E-state index in [-0.39, 0.29) is 5.75 Å². The maximum Gasteiger partial charge on any atom is 0.182 e. The van der Waals surface area contributed by atoms with Gasteiger partial charge >= 0.3 is 0 Å². The number of phenols is 1. The molecule has 4 aromatic rings. The van der Waals surface area contributed by atoms with Crippen molar-refractivity contribution in [2.24, 2.45) is 0 Å². The Labute approximate surface area is 163 Å². The average molecular weight is 378 g/mol. The molecule has 0 aliphatic carbocycles. The van der Waals surface area contributed by atoms with Crippen LogP contribution in [0, 0.1) is 4.77 Å². The number of benzene rings is 2. The van der Waals surface area contributed by atoms with Gasteiger partial charge in [-0.25, -0.2) is 0 Å². The minimum Gasteiger partial charge on any atom is -0.507 e. The van der Waals surface area contributed by atoms with Gasteiger partial charge in [0.05, 0.1) is 16.9 Å². The van der Waals surface area contributed by atoms with Crippen molar-refractivity contribution in [3.05, 3.63) is 65.2 Å². The third kappa shape index (κ3) is 2.98. The van der Waals surface area contributed by atoms with E-state index in [1.165, 1.54) is 11.1 Å². The second-order valence-corrected chi connectivity index (χ2v) is 7.13. The van der Waals surface area contributed by atoms with E-state index in [0.717, 1.165) is 41.7 Å². The second-order valence-electron chi connectivity index (χ2n) is 6.74. The molecule has 0 bridgehead atoms. The zero-order valence-electron chi connectivity index (χ0n) is 15.6. The Balaban J connectivity index is 1.96. The summed E-state index contributed by atoms with van der Waals surface area (Å²) >= 11 is 5.60. The van der Waals surface area contributed by atoms with Crippen LogP contribution in [0.1, 0.15) is 25.8 Å². The molecule has 138 valence electrons. The summed E-state index contributed by atoms with van der Waals surface area (Å²) in [6.45, 7) is 5.27. The number of hydrogen-bond acceptors (Lipinski definition) is 2. The molecule has 2 N–H and O–H groups in total. The van der Waals surface area contributed by atoms with Crippen LogP contribution in [0.5, 0.6) is 5.75 Å². The third-order valence-electron chi connectivity index (χ3n) is 5.02. The molecule has 2 heterocycles. The van der Waals surface area contributed by atoms with Gasteiger partial charge in [-0.2, -0.15) is 0 Å². The van der Waals surface area contributed by atoms with Crippen LogP contribution in [0.25, 0.3) is 27.8 Å². The van der Waals surface area contributed by atoms with Gasteiger partial charge in [0.25, 0.3) is 0 Å². The lowest BCUT2D eigenvalue weighted by molar-refractivity contribution is 0.477. The quantitative estimate of drug-likeness (QED) is 0.430. The van der Waals surface area contributed by atoms with Gasteiger partial charge in [-0.05, 0) is 61.0 Å². The zero-order valence-corrected chi connectivity index (χ0v) is 16.4. The highest BCUT2D eigenvalue weighted by Crippen LogP contribution is 2.34. The van der Waals surface area contributed by atoms with E-state index in [2.05, 4.69) is 53.9 Å². The van der Waals surface area contributed by atoms with Crippen molar-refractivity contribution in [1.82, 2.24) is 14.1 Å². The van der Waals surface area contributed by atoms with Gasteiger partial charge in [0.15, 0.2) is 4.77 Å². The standard InChI is InChI=1S/C22H23N3OS/c1-3-11-24-12-10-16-18(24)6-5-7-19(16)25-20(14-23-22(25)27)17-13-15(4-2)8-9-21(17)26/h5-10,12-14,26H,3-4,11H2,1-2H3,(H,23,27).